The number of aryl methyl sites for hydroxylation is 2. The molecule has 0 fully saturated rings. The smallest absolute Gasteiger partial charge is 0.303 e. The standard InChI is InChI=1S/C20H30N6O6S2/c1-11(27)31-19(3,4)15(29)21-17-25-23-13(33-17)9-7-8-10-14-24-26-18(34-14)22-16(30)20(5,6)32-12(2)28/h15,29H,7-10H2,1-6H3,(H,21,25)(H,22,26,30). The number of nitrogens with zero attached hydrogens (tertiary/aromatic N) is 4. The second-order valence-corrected chi connectivity index (χ2v) is 10.6. The molecule has 12 nitrogen and oxygen atoms in total. The lowest BCUT2D eigenvalue weighted by Gasteiger charge is -2.29. The summed E-state index contributed by atoms with van der Waals surface area (Å²) in [6.07, 6.45) is 1.90. The van der Waals surface area contributed by atoms with Gasteiger partial charge in [0.25, 0.3) is 5.91 Å². The first-order valence-electron chi connectivity index (χ1n) is 10.6. The highest BCUT2D eigenvalue weighted by molar-refractivity contribution is 7.15. The second kappa shape index (κ2) is 11.6. The Bertz CT molecular complexity index is 1010. The van der Waals surface area contributed by atoms with Crippen LogP contribution in [0.5, 0.6) is 0 Å². The number of rotatable bonds is 12. The summed E-state index contributed by atoms with van der Waals surface area (Å²) in [7, 11) is 0. The molecule has 188 valence electrons. The quantitative estimate of drug-likeness (QED) is 0.216. The van der Waals surface area contributed by atoms with Gasteiger partial charge in [0, 0.05) is 26.7 Å². The lowest BCUT2D eigenvalue weighted by molar-refractivity contribution is -0.162. The number of anilines is 2. The minimum Gasteiger partial charge on any atom is -0.455 e. The molecule has 0 bridgehead atoms. The monoisotopic (exact) mass is 514 g/mol. The fourth-order valence-corrected chi connectivity index (χ4v) is 4.32. The summed E-state index contributed by atoms with van der Waals surface area (Å²) in [5, 5.41) is 34.2. The lowest BCUT2D eigenvalue weighted by Crippen LogP contribution is -2.45. The molecule has 2 aromatic rings. The Morgan fingerprint density at radius 2 is 1.38 bits per heavy atom. The van der Waals surface area contributed by atoms with Crippen LogP contribution in [0, 0.1) is 0 Å². The minimum atomic E-state index is -1.31. The van der Waals surface area contributed by atoms with Crippen molar-refractivity contribution in [3.05, 3.63) is 10.0 Å². The molecule has 0 aliphatic heterocycles. The molecule has 1 amide bonds. The average molecular weight is 515 g/mol. The normalized spacial score (nSPS) is 12.7. The van der Waals surface area contributed by atoms with E-state index in [1.165, 1.54) is 50.4 Å². The third kappa shape index (κ3) is 8.57. The Morgan fingerprint density at radius 3 is 1.91 bits per heavy atom. The van der Waals surface area contributed by atoms with E-state index in [4.69, 9.17) is 9.47 Å². The van der Waals surface area contributed by atoms with Gasteiger partial charge in [0.2, 0.25) is 10.3 Å². The number of hydrogen-bond acceptors (Lipinski definition) is 13. The number of hydrogen-bond donors (Lipinski definition) is 3. The van der Waals surface area contributed by atoms with E-state index < -0.39 is 35.3 Å². The van der Waals surface area contributed by atoms with E-state index in [-0.39, 0.29) is 0 Å². The molecule has 1 unspecified atom stereocenters. The first-order valence-corrected chi connectivity index (χ1v) is 12.2. The van der Waals surface area contributed by atoms with Crippen molar-refractivity contribution in [3.63, 3.8) is 0 Å². The van der Waals surface area contributed by atoms with Crippen LogP contribution in [0.1, 0.15) is 64.4 Å². The molecule has 0 radical (unpaired) electrons. The molecule has 0 aliphatic rings. The molecule has 3 N–H and O–H groups in total. The third-order valence-corrected chi connectivity index (χ3v) is 6.27. The van der Waals surface area contributed by atoms with Gasteiger partial charge in [-0.15, -0.1) is 20.4 Å². The number of aliphatic hydroxyl groups excluding tert-OH is 1. The SMILES string of the molecule is CC(=O)OC(C)(C)C(=O)Nc1nnc(CCCCc2nnc(NC(O)C(C)(C)OC(C)=O)s2)s1. The van der Waals surface area contributed by atoms with Crippen LogP contribution in [-0.2, 0) is 36.7 Å². The maximum atomic E-state index is 12.3. The molecule has 0 spiro atoms. The van der Waals surface area contributed by atoms with Crippen LogP contribution in [-0.4, -0.2) is 60.8 Å². The fraction of sp³-hybridized carbons (Fsp3) is 0.650. The maximum absolute atomic E-state index is 12.3. The number of carbonyl (C=O) groups is 3. The minimum absolute atomic E-state index is 0.343. The van der Waals surface area contributed by atoms with E-state index in [0.717, 1.165) is 22.9 Å². The highest BCUT2D eigenvalue weighted by Crippen LogP contribution is 2.23. The van der Waals surface area contributed by atoms with Crippen molar-refractivity contribution < 1.29 is 29.0 Å². The second-order valence-electron chi connectivity index (χ2n) is 8.51. The van der Waals surface area contributed by atoms with Gasteiger partial charge in [0.05, 0.1) is 0 Å². The van der Waals surface area contributed by atoms with E-state index in [1.54, 1.807) is 13.8 Å². The molecular formula is C20H30N6O6S2. The molecule has 2 rings (SSSR count). The van der Waals surface area contributed by atoms with Gasteiger partial charge < -0.3 is 19.9 Å². The number of unbranched alkanes of at least 4 members (excludes halogenated alkanes) is 1. The van der Waals surface area contributed by atoms with Crippen LogP contribution in [0.15, 0.2) is 0 Å². The van der Waals surface area contributed by atoms with Gasteiger partial charge in [-0.25, -0.2) is 0 Å². The highest BCUT2D eigenvalue weighted by Gasteiger charge is 2.32. The van der Waals surface area contributed by atoms with Crippen LogP contribution in [0.2, 0.25) is 0 Å². The number of amides is 1. The number of esters is 2. The van der Waals surface area contributed by atoms with Gasteiger partial charge in [-0.3, -0.25) is 19.7 Å². The molecule has 0 saturated carbocycles. The first kappa shape index (κ1) is 27.5. The van der Waals surface area contributed by atoms with Crippen molar-refractivity contribution in [2.45, 2.75) is 84.7 Å². The number of nitrogens with one attached hydrogen (secondary N) is 2. The van der Waals surface area contributed by atoms with Gasteiger partial charge >= 0.3 is 11.9 Å². The topological polar surface area (TPSA) is 166 Å². The van der Waals surface area contributed by atoms with Gasteiger partial charge in [-0.1, -0.05) is 22.7 Å². The van der Waals surface area contributed by atoms with Crippen molar-refractivity contribution in [1.29, 1.82) is 0 Å². The molecule has 14 heteroatoms. The average Bonchev–Trinajstić information content (AvgIpc) is 3.32. The zero-order chi connectivity index (χ0) is 25.5. The zero-order valence-electron chi connectivity index (χ0n) is 20.0. The van der Waals surface area contributed by atoms with Gasteiger partial charge in [0.15, 0.2) is 17.4 Å². The molecule has 34 heavy (non-hydrogen) atoms. The molecule has 1 atom stereocenters. The predicted octanol–water partition coefficient (Wildman–Crippen LogP) is 2.31. The summed E-state index contributed by atoms with van der Waals surface area (Å²) < 4.78 is 10.1. The molecule has 0 aliphatic carbocycles. The Balaban J connectivity index is 1.76. The fourth-order valence-electron chi connectivity index (χ4n) is 2.74. The predicted molar refractivity (Wildman–Crippen MR) is 126 cm³/mol. The maximum Gasteiger partial charge on any atom is 0.303 e. The molecule has 0 aromatic carbocycles. The van der Waals surface area contributed by atoms with Gasteiger partial charge in [0.1, 0.15) is 10.0 Å². The van der Waals surface area contributed by atoms with Gasteiger partial charge in [-0.05, 0) is 40.5 Å². The van der Waals surface area contributed by atoms with Crippen molar-refractivity contribution in [2.75, 3.05) is 10.6 Å². The number of ether oxygens (including phenoxy) is 2. The molecule has 2 aromatic heterocycles. The Labute approximate surface area is 205 Å². The van der Waals surface area contributed by atoms with Crippen LogP contribution < -0.4 is 10.6 Å². The summed E-state index contributed by atoms with van der Waals surface area (Å²) in [5.74, 6) is -1.51. The van der Waals surface area contributed by atoms with Crippen molar-refractivity contribution in [1.82, 2.24) is 20.4 Å². The van der Waals surface area contributed by atoms with E-state index in [1.807, 2.05) is 0 Å². The number of carbonyl (C=O) groups excluding carboxylic acids is 3. The Kier molecular flexibility index (Phi) is 9.41. The number of aromatic nitrogens is 4. The molecule has 0 saturated heterocycles. The van der Waals surface area contributed by atoms with E-state index in [2.05, 4.69) is 31.0 Å². The molecular weight excluding hydrogens is 484 g/mol. The lowest BCUT2D eigenvalue weighted by atomic mass is 10.1. The van der Waals surface area contributed by atoms with Crippen molar-refractivity contribution in [2.24, 2.45) is 0 Å². The highest BCUT2D eigenvalue weighted by atomic mass is 32.1. The summed E-state index contributed by atoms with van der Waals surface area (Å²) in [4.78, 5) is 34.6. The van der Waals surface area contributed by atoms with Crippen LogP contribution in [0.25, 0.3) is 0 Å². The van der Waals surface area contributed by atoms with E-state index >= 15 is 0 Å². The largest absolute Gasteiger partial charge is 0.455 e. The van der Waals surface area contributed by atoms with Crippen LogP contribution >= 0.6 is 22.7 Å². The van der Waals surface area contributed by atoms with E-state index in [0.29, 0.717) is 23.1 Å². The summed E-state index contributed by atoms with van der Waals surface area (Å²) in [5.41, 5.74) is -2.42. The number of aliphatic hydroxyl groups is 1. The van der Waals surface area contributed by atoms with Gasteiger partial charge in [-0.2, -0.15) is 0 Å². The Hall–Kier alpha value is -2.71. The Morgan fingerprint density at radius 1 is 0.882 bits per heavy atom. The third-order valence-electron chi connectivity index (χ3n) is 4.46. The van der Waals surface area contributed by atoms with Crippen molar-refractivity contribution in [3.8, 4) is 0 Å². The summed E-state index contributed by atoms with van der Waals surface area (Å²) in [6, 6.07) is 0. The van der Waals surface area contributed by atoms with Crippen LogP contribution in [0.4, 0.5) is 10.3 Å². The van der Waals surface area contributed by atoms with Crippen LogP contribution in [0.3, 0.4) is 0 Å². The van der Waals surface area contributed by atoms with Crippen molar-refractivity contribution >= 4 is 50.8 Å². The van der Waals surface area contributed by atoms with E-state index in [9.17, 15) is 19.5 Å². The zero-order valence-corrected chi connectivity index (χ0v) is 21.6. The first-order chi connectivity index (χ1) is 15.8. The summed E-state index contributed by atoms with van der Waals surface area (Å²) in [6.45, 7) is 8.72. The summed E-state index contributed by atoms with van der Waals surface area (Å²) >= 11 is 2.58. The molecule has 2 heterocycles.